The number of nitrogens with one attached hydrogen (secondary N) is 12. The molecule has 1 aliphatic rings. The van der Waals surface area contributed by atoms with Crippen LogP contribution in [0.5, 0.6) is 5.75 Å². The standard InChI is InChI=1S/C58H95N19O17S/c1-28(2)20-37-53(90)71-34(10-7-8-18-59)51(88)68-30(5)49(86)77-47(31(6)78)57(94)76-40(23-43(61)81)56(93)73-36(16-17-42(60)80)50(87)67-24-44(82)66-25-45(83)70-41(48(62)85)26-95-27-46(84)69-39(22-32-12-14-33(79)15-13-32)55(92)75-38(21-29(3)4)54(91)72-35(52(89)74-37)11-9-19-65-58(63)64/h12-15,28-31,34-41,47,78-79H,7-11,16-27,59H2,1-6H3,(H2,60,80)(H2,61,81)(H2,62,85)(H,66,82)(H,67,87)(H,68,88)(H,69,84)(H,70,83)(H,71,90)(H,72,91)(H,73,93)(H,74,89)(H,75,92)(H,76,94)(H,77,86)(H4,63,64,65)/t30-,31+,34-,35-,36-,37-,38-,39-,40-,41-,47-/m0/s1. The Morgan fingerprint density at radius 3 is 1.55 bits per heavy atom. The first kappa shape index (κ1) is 81.7. The Morgan fingerprint density at radius 2 is 1.03 bits per heavy atom. The van der Waals surface area contributed by atoms with Crippen molar-refractivity contribution in [2.24, 2.45) is 51.2 Å². The Hall–Kier alpha value is -9.39. The number of aliphatic hydroxyl groups is 1. The third kappa shape index (κ3) is 32.3. The van der Waals surface area contributed by atoms with Crippen molar-refractivity contribution in [2.45, 2.75) is 179 Å². The van der Waals surface area contributed by atoms with Crippen molar-refractivity contribution in [3.05, 3.63) is 29.8 Å². The van der Waals surface area contributed by atoms with Crippen molar-refractivity contribution >= 4 is 106 Å². The molecule has 0 saturated carbocycles. The van der Waals surface area contributed by atoms with E-state index in [2.05, 4.69) is 68.8 Å². The summed E-state index contributed by atoms with van der Waals surface area (Å²) < 4.78 is 0. The second-order valence-corrected chi connectivity index (χ2v) is 24.5. The maximum atomic E-state index is 14.5. The predicted octanol–water partition coefficient (Wildman–Crippen LogP) is -7.94. The minimum atomic E-state index is -1.93. The van der Waals surface area contributed by atoms with E-state index in [1.165, 1.54) is 31.2 Å². The molecule has 37 heteroatoms. The van der Waals surface area contributed by atoms with E-state index in [0.29, 0.717) is 12.0 Å². The van der Waals surface area contributed by atoms with E-state index in [0.717, 1.165) is 18.7 Å². The Bertz CT molecular complexity index is 2880. The van der Waals surface area contributed by atoms with Gasteiger partial charge in [-0.2, -0.15) is 0 Å². The number of phenolic OH excluding ortho intramolecular Hbond substituents is 1. The summed E-state index contributed by atoms with van der Waals surface area (Å²) in [5, 5.41) is 49.9. The van der Waals surface area contributed by atoms with Gasteiger partial charge >= 0.3 is 0 Å². The number of primary amides is 3. The van der Waals surface area contributed by atoms with Gasteiger partial charge in [0.2, 0.25) is 88.6 Å². The van der Waals surface area contributed by atoms with Gasteiger partial charge < -0.3 is 108 Å². The zero-order chi connectivity index (χ0) is 71.6. The third-order valence-electron chi connectivity index (χ3n) is 14.1. The van der Waals surface area contributed by atoms with Gasteiger partial charge in [0.05, 0.1) is 31.4 Å². The molecule has 1 heterocycles. The van der Waals surface area contributed by atoms with Gasteiger partial charge in [0.15, 0.2) is 5.96 Å². The Labute approximate surface area is 553 Å². The molecule has 1 saturated heterocycles. The first-order valence-electron chi connectivity index (χ1n) is 30.8. The molecule has 1 aromatic rings. The highest BCUT2D eigenvalue weighted by atomic mass is 32.2. The van der Waals surface area contributed by atoms with Crippen LogP contribution in [0, 0.1) is 11.8 Å². The van der Waals surface area contributed by atoms with Crippen LogP contribution in [0.4, 0.5) is 0 Å². The van der Waals surface area contributed by atoms with E-state index in [1.807, 2.05) is 0 Å². The van der Waals surface area contributed by atoms with E-state index in [-0.39, 0.29) is 87.3 Å². The van der Waals surface area contributed by atoms with Crippen LogP contribution < -0.4 is 98.2 Å². The summed E-state index contributed by atoms with van der Waals surface area (Å²) in [6.45, 7) is 7.77. The highest BCUT2D eigenvalue weighted by molar-refractivity contribution is 8.00. The number of nitrogens with two attached hydrogens (primary N) is 6. The zero-order valence-corrected chi connectivity index (χ0v) is 55.0. The lowest BCUT2D eigenvalue weighted by molar-refractivity contribution is -0.137. The average Bonchev–Trinajstić information content (AvgIpc) is 0.933. The SMILES string of the molecule is CC(C)C[C@@H]1NC(=O)[C@H](Cc2ccc(O)cc2)NC(=O)CSC[C@@H](C(N)=O)NC(=O)CNC(=O)CNC(=O)[C@H](CCC(N)=O)NC(=O)[C@H](CC(N)=O)NC(=O)[C@H]([C@@H](C)O)NC(=O)[C@H](C)NC(=O)[C@H](CCCCN)NC(=O)[C@H](CC(C)C)NC(=O)[C@H](CCCN=C(N)N)NC1=O. The van der Waals surface area contributed by atoms with Crippen molar-refractivity contribution in [3.63, 3.8) is 0 Å². The van der Waals surface area contributed by atoms with E-state index < -0.39 is 193 Å². The molecular weight excluding hydrogens is 1270 g/mol. The highest BCUT2D eigenvalue weighted by Crippen LogP contribution is 2.15. The molecule has 0 aromatic heterocycles. The van der Waals surface area contributed by atoms with Crippen LogP contribution in [0.1, 0.15) is 111 Å². The number of thioether (sulfide) groups is 1. The summed E-state index contributed by atoms with van der Waals surface area (Å²) in [6, 6.07) is -9.89. The number of aliphatic hydroxyl groups excluding tert-OH is 1. The molecular formula is C58H95N19O17S. The molecule has 11 atom stereocenters. The fourth-order valence-electron chi connectivity index (χ4n) is 9.15. The fourth-order valence-corrected chi connectivity index (χ4v) is 10.0. The van der Waals surface area contributed by atoms with Crippen LogP contribution in [0.25, 0.3) is 0 Å². The molecule has 0 spiro atoms. The molecule has 0 radical (unpaired) electrons. The molecule has 36 nitrogen and oxygen atoms in total. The zero-order valence-electron chi connectivity index (χ0n) is 54.2. The van der Waals surface area contributed by atoms with Gasteiger partial charge in [-0.1, -0.05) is 39.8 Å². The second kappa shape index (κ2) is 42.0. The van der Waals surface area contributed by atoms with Gasteiger partial charge in [-0.25, -0.2) is 0 Å². The van der Waals surface area contributed by atoms with E-state index in [4.69, 9.17) is 34.4 Å². The van der Waals surface area contributed by atoms with Crippen LogP contribution in [-0.4, -0.2) is 209 Å². The molecule has 0 aliphatic carbocycles. The summed E-state index contributed by atoms with van der Waals surface area (Å²) in [4.78, 5) is 207. The van der Waals surface area contributed by atoms with Crippen molar-refractivity contribution < 1.29 is 82.1 Å². The number of nitrogens with zero attached hydrogens (tertiary/aromatic N) is 1. The Kier molecular flexibility index (Phi) is 36.2. The number of carbonyl (C=O) groups excluding carboxylic acids is 15. The molecule has 2 rings (SSSR count). The summed E-state index contributed by atoms with van der Waals surface area (Å²) in [7, 11) is 0. The number of unbranched alkanes of at least 4 members (excludes halogenated alkanes) is 1. The highest BCUT2D eigenvalue weighted by Gasteiger charge is 2.37. The number of guanidine groups is 1. The topological polar surface area (TPSA) is 609 Å². The van der Waals surface area contributed by atoms with Gasteiger partial charge in [-0.15, -0.1) is 11.8 Å². The van der Waals surface area contributed by atoms with Crippen molar-refractivity contribution in [1.82, 2.24) is 63.8 Å². The first-order valence-corrected chi connectivity index (χ1v) is 32.0. The summed E-state index contributed by atoms with van der Waals surface area (Å²) in [5.74, 6) is -16.8. The Morgan fingerprint density at radius 1 is 0.537 bits per heavy atom. The maximum Gasteiger partial charge on any atom is 0.245 e. The smallest absolute Gasteiger partial charge is 0.245 e. The number of phenols is 1. The number of aliphatic imine (C=N–C) groups is 1. The molecule has 1 aliphatic heterocycles. The van der Waals surface area contributed by atoms with E-state index in [9.17, 15) is 82.1 Å². The lowest BCUT2D eigenvalue weighted by Gasteiger charge is -2.29. The van der Waals surface area contributed by atoms with Gasteiger partial charge in [0, 0.05) is 25.1 Å². The molecule has 530 valence electrons. The van der Waals surface area contributed by atoms with Crippen LogP contribution >= 0.6 is 11.8 Å². The fraction of sp³-hybridized carbons (Fsp3) is 0.621. The molecule has 0 bridgehead atoms. The van der Waals surface area contributed by atoms with Crippen molar-refractivity contribution in [2.75, 3.05) is 37.7 Å². The van der Waals surface area contributed by atoms with Crippen LogP contribution in [-0.2, 0) is 78.3 Å². The minimum absolute atomic E-state index is 0.0121. The molecule has 15 amide bonds. The monoisotopic (exact) mass is 1360 g/mol. The minimum Gasteiger partial charge on any atom is -0.508 e. The van der Waals surface area contributed by atoms with Gasteiger partial charge in [-0.05, 0) is 101 Å². The van der Waals surface area contributed by atoms with Crippen LogP contribution in [0.15, 0.2) is 29.3 Å². The van der Waals surface area contributed by atoms with Crippen LogP contribution in [0.3, 0.4) is 0 Å². The van der Waals surface area contributed by atoms with Crippen molar-refractivity contribution in [1.29, 1.82) is 0 Å². The van der Waals surface area contributed by atoms with Gasteiger partial charge in [0.25, 0.3) is 0 Å². The summed E-state index contributed by atoms with van der Waals surface area (Å²) in [5.41, 5.74) is 33.6. The normalized spacial score (nSPS) is 24.2. The number of hydrogen-bond donors (Lipinski definition) is 20. The number of aromatic hydroxyl groups is 1. The number of hydrogen-bond acceptors (Lipinski definition) is 20. The molecule has 95 heavy (non-hydrogen) atoms. The second-order valence-electron chi connectivity index (χ2n) is 23.5. The lowest BCUT2D eigenvalue weighted by Crippen LogP contribution is -2.61. The van der Waals surface area contributed by atoms with Crippen molar-refractivity contribution in [3.8, 4) is 5.75 Å². The van der Waals surface area contributed by atoms with E-state index in [1.54, 1.807) is 27.7 Å². The summed E-state index contributed by atoms with van der Waals surface area (Å²) >= 11 is 0.801. The predicted molar refractivity (Wildman–Crippen MR) is 345 cm³/mol. The summed E-state index contributed by atoms with van der Waals surface area (Å²) in [6.07, 6.45) is -3.44. The molecule has 1 fully saturated rings. The van der Waals surface area contributed by atoms with Crippen LogP contribution in [0.2, 0.25) is 0 Å². The molecule has 26 N–H and O–H groups in total. The number of amides is 15. The average molecular weight is 1360 g/mol. The number of rotatable bonds is 21. The number of benzene rings is 1. The molecule has 1 aromatic carbocycles. The van der Waals surface area contributed by atoms with E-state index >= 15 is 0 Å². The molecule has 0 unspecified atom stereocenters. The van der Waals surface area contributed by atoms with Gasteiger partial charge in [0.1, 0.15) is 66.2 Å². The third-order valence-corrected chi connectivity index (χ3v) is 15.1. The van der Waals surface area contributed by atoms with Gasteiger partial charge in [-0.3, -0.25) is 76.9 Å². The lowest BCUT2D eigenvalue weighted by atomic mass is 9.99. The quantitative estimate of drug-likeness (QED) is 0.0309. The first-order chi connectivity index (χ1) is 44.6. The number of carbonyl (C=O) groups is 15. The Balaban J connectivity index is 2.77. The largest absolute Gasteiger partial charge is 0.508 e. The maximum absolute atomic E-state index is 14.5.